The van der Waals surface area contributed by atoms with E-state index in [-0.39, 0.29) is 5.91 Å². The minimum absolute atomic E-state index is 0.203. The first-order valence-electron chi connectivity index (χ1n) is 7.30. The highest BCUT2D eigenvalue weighted by Crippen LogP contribution is 2.16. The molecule has 0 aliphatic carbocycles. The van der Waals surface area contributed by atoms with Crippen molar-refractivity contribution in [3.8, 4) is 11.5 Å². The van der Waals surface area contributed by atoms with Gasteiger partial charge in [0.1, 0.15) is 0 Å². The maximum atomic E-state index is 12.0. The summed E-state index contributed by atoms with van der Waals surface area (Å²) in [5.74, 6) is 0.764. The Kier molecular flexibility index (Phi) is 4.18. The average Bonchev–Trinajstić information content (AvgIpc) is 3.14. The average molecular weight is 311 g/mol. The molecule has 2 aromatic heterocycles. The minimum atomic E-state index is -0.203. The maximum absolute atomic E-state index is 12.0. The number of aryl methyl sites for hydroxylation is 2. The smallest absolute Gasteiger partial charge is 0.272 e. The van der Waals surface area contributed by atoms with Gasteiger partial charge in [0.2, 0.25) is 11.8 Å². The molecule has 0 radical (unpaired) electrons. The summed E-state index contributed by atoms with van der Waals surface area (Å²) in [5.41, 5.74) is 2.15. The fourth-order valence-corrected chi connectivity index (χ4v) is 2.25. The molecule has 7 nitrogen and oxygen atoms in total. The van der Waals surface area contributed by atoms with Crippen molar-refractivity contribution in [3.63, 3.8) is 0 Å². The highest BCUT2D eigenvalue weighted by molar-refractivity contribution is 5.93. The largest absolute Gasteiger partial charge is 0.421 e. The third-order valence-corrected chi connectivity index (χ3v) is 3.34. The number of benzene rings is 1. The van der Waals surface area contributed by atoms with Crippen LogP contribution >= 0.6 is 0 Å². The molecule has 23 heavy (non-hydrogen) atoms. The Morgan fingerprint density at radius 3 is 2.74 bits per heavy atom. The molecule has 0 fully saturated rings. The van der Waals surface area contributed by atoms with Crippen LogP contribution in [0.2, 0.25) is 0 Å². The zero-order valence-electron chi connectivity index (χ0n) is 13.0. The molecule has 1 amide bonds. The van der Waals surface area contributed by atoms with Crippen LogP contribution in [0.4, 0.5) is 0 Å². The van der Waals surface area contributed by atoms with Crippen LogP contribution in [-0.2, 0) is 13.5 Å². The third kappa shape index (κ3) is 3.45. The Balaban J connectivity index is 1.56. The first kappa shape index (κ1) is 15.0. The van der Waals surface area contributed by atoms with E-state index in [1.807, 2.05) is 37.3 Å². The molecule has 3 aromatic rings. The minimum Gasteiger partial charge on any atom is -0.421 e. The normalized spacial score (nSPS) is 10.7. The summed E-state index contributed by atoms with van der Waals surface area (Å²) in [6.07, 6.45) is 2.27. The van der Waals surface area contributed by atoms with Crippen molar-refractivity contribution >= 4 is 5.91 Å². The number of carbonyl (C=O) groups excluding carboxylic acids is 1. The molecule has 1 N–H and O–H groups in total. The summed E-state index contributed by atoms with van der Waals surface area (Å²) in [7, 11) is 1.79. The number of aromatic nitrogens is 4. The lowest BCUT2D eigenvalue weighted by atomic mass is 10.2. The molecular weight excluding hydrogens is 294 g/mol. The third-order valence-electron chi connectivity index (χ3n) is 3.34. The highest BCUT2D eigenvalue weighted by Gasteiger charge is 2.13. The summed E-state index contributed by atoms with van der Waals surface area (Å²) in [6, 6.07) is 9.56. The van der Waals surface area contributed by atoms with E-state index in [1.54, 1.807) is 17.9 Å². The number of nitrogens with zero attached hydrogens (tertiary/aromatic N) is 4. The summed E-state index contributed by atoms with van der Waals surface area (Å²) in [4.78, 5) is 12.0. The molecule has 7 heteroatoms. The van der Waals surface area contributed by atoms with Gasteiger partial charge in [-0.1, -0.05) is 18.2 Å². The molecule has 0 aliphatic heterocycles. The van der Waals surface area contributed by atoms with Crippen LogP contribution in [0.3, 0.4) is 0 Å². The number of amides is 1. The van der Waals surface area contributed by atoms with E-state index in [1.165, 1.54) is 0 Å². The van der Waals surface area contributed by atoms with Crippen molar-refractivity contribution < 1.29 is 9.21 Å². The Labute approximate surface area is 133 Å². The van der Waals surface area contributed by atoms with Gasteiger partial charge in [0.25, 0.3) is 5.91 Å². The topological polar surface area (TPSA) is 85.8 Å². The quantitative estimate of drug-likeness (QED) is 0.776. The molecule has 0 bridgehead atoms. The second-order valence-corrected chi connectivity index (χ2v) is 5.21. The Morgan fingerprint density at radius 2 is 2.04 bits per heavy atom. The Bertz CT molecular complexity index is 807. The van der Waals surface area contributed by atoms with Gasteiger partial charge in [-0.3, -0.25) is 9.48 Å². The summed E-state index contributed by atoms with van der Waals surface area (Å²) < 4.78 is 7.21. The standard InChI is InChI=1S/C16H17N5O2/c1-11-10-21(2)20-14(11)15(22)17-9-8-13-18-19-16(23-13)12-6-4-3-5-7-12/h3-7,10H,8-9H2,1-2H3,(H,17,22). The molecule has 0 spiro atoms. The molecule has 2 heterocycles. The van der Waals surface area contributed by atoms with Gasteiger partial charge in [0, 0.05) is 37.3 Å². The van der Waals surface area contributed by atoms with Gasteiger partial charge in [-0.15, -0.1) is 10.2 Å². The molecule has 0 saturated heterocycles. The molecular formula is C16H17N5O2. The molecule has 1 aromatic carbocycles. The van der Waals surface area contributed by atoms with Gasteiger partial charge in [0.15, 0.2) is 5.69 Å². The molecule has 3 rings (SSSR count). The highest BCUT2D eigenvalue weighted by atomic mass is 16.4. The van der Waals surface area contributed by atoms with Crippen LogP contribution in [0.15, 0.2) is 40.9 Å². The second-order valence-electron chi connectivity index (χ2n) is 5.21. The molecule has 0 unspecified atom stereocenters. The lowest BCUT2D eigenvalue weighted by molar-refractivity contribution is 0.0947. The summed E-state index contributed by atoms with van der Waals surface area (Å²) in [6.45, 7) is 2.26. The van der Waals surface area contributed by atoms with Crippen molar-refractivity contribution in [3.05, 3.63) is 53.7 Å². The lowest BCUT2D eigenvalue weighted by Crippen LogP contribution is -2.26. The Morgan fingerprint density at radius 1 is 1.26 bits per heavy atom. The zero-order valence-corrected chi connectivity index (χ0v) is 13.0. The van der Waals surface area contributed by atoms with E-state index in [2.05, 4.69) is 20.6 Å². The molecule has 0 atom stereocenters. The summed E-state index contributed by atoms with van der Waals surface area (Å²) in [5, 5.41) is 15.0. The van der Waals surface area contributed by atoms with Gasteiger partial charge in [-0.2, -0.15) is 5.10 Å². The van der Waals surface area contributed by atoms with Crippen molar-refractivity contribution in [2.75, 3.05) is 6.54 Å². The van der Waals surface area contributed by atoms with Gasteiger partial charge >= 0.3 is 0 Å². The first-order valence-corrected chi connectivity index (χ1v) is 7.30. The number of carbonyl (C=O) groups is 1. The van der Waals surface area contributed by atoms with Crippen molar-refractivity contribution in [2.24, 2.45) is 7.05 Å². The summed E-state index contributed by atoms with van der Waals surface area (Å²) >= 11 is 0. The Hall–Kier alpha value is -2.96. The lowest BCUT2D eigenvalue weighted by Gasteiger charge is -2.01. The van der Waals surface area contributed by atoms with Crippen LogP contribution in [-0.4, -0.2) is 32.4 Å². The van der Waals surface area contributed by atoms with E-state index in [0.29, 0.717) is 30.4 Å². The van der Waals surface area contributed by atoms with E-state index in [9.17, 15) is 4.79 Å². The molecule has 0 saturated carbocycles. The SMILES string of the molecule is Cc1cn(C)nc1C(=O)NCCc1nnc(-c2ccccc2)o1. The monoisotopic (exact) mass is 311 g/mol. The second kappa shape index (κ2) is 6.43. The first-order chi connectivity index (χ1) is 11.1. The fourth-order valence-electron chi connectivity index (χ4n) is 2.25. The van der Waals surface area contributed by atoms with Crippen molar-refractivity contribution in [1.82, 2.24) is 25.3 Å². The van der Waals surface area contributed by atoms with Crippen LogP contribution in [0.25, 0.3) is 11.5 Å². The number of hydrogen-bond donors (Lipinski definition) is 1. The predicted octanol–water partition coefficient (Wildman–Crippen LogP) is 1.75. The number of nitrogens with one attached hydrogen (secondary N) is 1. The molecule has 118 valence electrons. The number of hydrogen-bond acceptors (Lipinski definition) is 5. The fraction of sp³-hybridized carbons (Fsp3) is 0.250. The van der Waals surface area contributed by atoms with Gasteiger partial charge in [-0.05, 0) is 19.1 Å². The van der Waals surface area contributed by atoms with Gasteiger partial charge in [0.05, 0.1) is 0 Å². The van der Waals surface area contributed by atoms with Crippen molar-refractivity contribution in [2.45, 2.75) is 13.3 Å². The number of rotatable bonds is 5. The van der Waals surface area contributed by atoms with Gasteiger partial charge in [-0.25, -0.2) is 0 Å². The van der Waals surface area contributed by atoms with E-state index in [4.69, 9.17) is 4.42 Å². The maximum Gasteiger partial charge on any atom is 0.272 e. The zero-order chi connectivity index (χ0) is 16.2. The molecule has 0 aliphatic rings. The predicted molar refractivity (Wildman–Crippen MR) is 83.7 cm³/mol. The van der Waals surface area contributed by atoms with E-state index < -0.39 is 0 Å². The van der Waals surface area contributed by atoms with Crippen LogP contribution in [0.1, 0.15) is 21.9 Å². The van der Waals surface area contributed by atoms with Crippen LogP contribution < -0.4 is 5.32 Å². The van der Waals surface area contributed by atoms with Crippen LogP contribution in [0, 0.1) is 6.92 Å². The van der Waals surface area contributed by atoms with Crippen LogP contribution in [0.5, 0.6) is 0 Å². The van der Waals surface area contributed by atoms with Gasteiger partial charge < -0.3 is 9.73 Å². The van der Waals surface area contributed by atoms with Crippen molar-refractivity contribution in [1.29, 1.82) is 0 Å². The van der Waals surface area contributed by atoms with E-state index in [0.717, 1.165) is 11.1 Å². The van der Waals surface area contributed by atoms with E-state index >= 15 is 0 Å².